The molecule has 122 valence electrons. The molecule has 7 nitrogen and oxygen atoms in total. The number of rotatable bonds is 9. The third-order valence-corrected chi connectivity index (χ3v) is 3.02. The molecule has 0 aromatic rings. The summed E-state index contributed by atoms with van der Waals surface area (Å²) >= 11 is 0. The number of hydrogen-bond donors (Lipinski definition) is 2. The van der Waals surface area contributed by atoms with Gasteiger partial charge in [-0.05, 0) is 34.1 Å². The number of carbonyl (C=O) groups is 3. The highest BCUT2D eigenvalue weighted by Gasteiger charge is 2.23. The van der Waals surface area contributed by atoms with Crippen LogP contribution in [0.25, 0.3) is 0 Å². The van der Waals surface area contributed by atoms with E-state index in [4.69, 9.17) is 5.11 Å². The predicted octanol–water partition coefficient (Wildman–Crippen LogP) is 1.14. The van der Waals surface area contributed by atoms with E-state index >= 15 is 0 Å². The minimum atomic E-state index is -0.874. The van der Waals surface area contributed by atoms with Crippen LogP contribution in [0.3, 0.4) is 0 Å². The molecular weight excluding hydrogens is 274 g/mol. The zero-order valence-corrected chi connectivity index (χ0v) is 13.4. The lowest BCUT2D eigenvalue weighted by molar-refractivity contribution is -0.137. The molecule has 0 heterocycles. The smallest absolute Gasteiger partial charge is 0.320 e. The second-order valence-corrected chi connectivity index (χ2v) is 5.03. The van der Waals surface area contributed by atoms with Crippen LogP contribution in [0.2, 0.25) is 0 Å². The minimum Gasteiger partial charge on any atom is -0.481 e. The third kappa shape index (κ3) is 7.53. The first kappa shape index (κ1) is 19.2. The fourth-order valence-electron chi connectivity index (χ4n) is 1.90. The lowest BCUT2D eigenvalue weighted by atomic mass is 10.2. The lowest BCUT2D eigenvalue weighted by Crippen LogP contribution is -2.49. The normalized spacial score (nSPS) is 10.3. The van der Waals surface area contributed by atoms with Crippen molar-refractivity contribution in [3.05, 3.63) is 0 Å². The highest BCUT2D eigenvalue weighted by atomic mass is 16.4. The van der Waals surface area contributed by atoms with Gasteiger partial charge in [0, 0.05) is 32.1 Å². The van der Waals surface area contributed by atoms with Crippen LogP contribution in [0.15, 0.2) is 0 Å². The zero-order chi connectivity index (χ0) is 16.4. The Kier molecular flexibility index (Phi) is 9.16. The van der Waals surface area contributed by atoms with Crippen molar-refractivity contribution in [3.63, 3.8) is 0 Å². The molecule has 0 unspecified atom stereocenters. The Hall–Kier alpha value is -1.79. The molecule has 0 aliphatic carbocycles. The lowest BCUT2D eigenvalue weighted by Gasteiger charge is -2.32. The van der Waals surface area contributed by atoms with Gasteiger partial charge >= 0.3 is 12.0 Å². The standard InChI is InChI=1S/C14H27N3O4/c1-5-15-12(18)10-16(6-2)14(21)17(11(3)4)9-7-8-13(19)20/h11H,5-10H2,1-4H3,(H,15,18)(H,19,20). The molecule has 0 rings (SSSR count). The first-order valence-corrected chi connectivity index (χ1v) is 7.37. The number of nitrogens with zero attached hydrogens (tertiary/aromatic N) is 2. The first-order chi connectivity index (χ1) is 9.83. The second kappa shape index (κ2) is 10.0. The molecule has 21 heavy (non-hydrogen) atoms. The summed E-state index contributed by atoms with van der Waals surface area (Å²) in [5, 5.41) is 11.3. The van der Waals surface area contributed by atoms with Gasteiger partial charge in [0.2, 0.25) is 5.91 Å². The predicted molar refractivity (Wildman–Crippen MR) is 80.0 cm³/mol. The summed E-state index contributed by atoms with van der Waals surface area (Å²) in [6.07, 6.45) is 0.427. The van der Waals surface area contributed by atoms with Gasteiger partial charge in [0.15, 0.2) is 0 Å². The van der Waals surface area contributed by atoms with E-state index in [1.165, 1.54) is 4.90 Å². The Balaban J connectivity index is 4.66. The quantitative estimate of drug-likeness (QED) is 0.668. The van der Waals surface area contributed by atoms with Crippen LogP contribution in [0.5, 0.6) is 0 Å². The maximum Gasteiger partial charge on any atom is 0.320 e. The molecule has 7 heteroatoms. The summed E-state index contributed by atoms with van der Waals surface area (Å²) in [7, 11) is 0. The average Bonchev–Trinajstić information content (AvgIpc) is 2.39. The molecule has 0 aliphatic heterocycles. The van der Waals surface area contributed by atoms with Gasteiger partial charge in [0.05, 0.1) is 0 Å². The van der Waals surface area contributed by atoms with Crippen molar-refractivity contribution in [1.82, 2.24) is 15.1 Å². The molecule has 0 atom stereocenters. The summed E-state index contributed by atoms with van der Waals surface area (Å²) in [5.74, 6) is -1.07. The third-order valence-electron chi connectivity index (χ3n) is 3.02. The van der Waals surface area contributed by atoms with Crippen molar-refractivity contribution in [2.45, 2.75) is 46.6 Å². The maximum atomic E-state index is 12.5. The Morgan fingerprint density at radius 1 is 1.19 bits per heavy atom. The number of aliphatic carboxylic acids is 1. The second-order valence-electron chi connectivity index (χ2n) is 5.03. The van der Waals surface area contributed by atoms with Gasteiger partial charge in [-0.2, -0.15) is 0 Å². The molecule has 0 radical (unpaired) electrons. The van der Waals surface area contributed by atoms with Gasteiger partial charge in [-0.15, -0.1) is 0 Å². The zero-order valence-electron chi connectivity index (χ0n) is 13.4. The summed E-state index contributed by atoms with van der Waals surface area (Å²) in [6, 6.07) is -0.279. The van der Waals surface area contributed by atoms with E-state index in [-0.39, 0.29) is 30.9 Å². The fraction of sp³-hybridized carbons (Fsp3) is 0.786. The molecule has 3 amide bonds. The van der Waals surface area contributed by atoms with Crippen LogP contribution in [0.1, 0.15) is 40.5 Å². The maximum absolute atomic E-state index is 12.5. The molecule has 0 aliphatic rings. The van der Waals surface area contributed by atoms with Crippen molar-refractivity contribution in [1.29, 1.82) is 0 Å². The van der Waals surface area contributed by atoms with Gasteiger partial charge in [-0.3, -0.25) is 9.59 Å². The number of amides is 3. The highest BCUT2D eigenvalue weighted by molar-refractivity contribution is 5.84. The molecule has 0 aromatic carbocycles. The van der Waals surface area contributed by atoms with Crippen LogP contribution >= 0.6 is 0 Å². The van der Waals surface area contributed by atoms with E-state index in [0.717, 1.165) is 0 Å². The number of urea groups is 1. The Labute approximate surface area is 126 Å². The topological polar surface area (TPSA) is 90.0 Å². The number of likely N-dealkylation sites (N-methyl/N-ethyl adjacent to an activating group) is 2. The molecule has 0 spiro atoms. The first-order valence-electron chi connectivity index (χ1n) is 7.37. The minimum absolute atomic E-state index is 0.0192. The van der Waals surface area contributed by atoms with E-state index in [2.05, 4.69) is 5.32 Å². The largest absolute Gasteiger partial charge is 0.481 e. The van der Waals surface area contributed by atoms with Crippen LogP contribution in [-0.2, 0) is 9.59 Å². The molecule has 0 fully saturated rings. The van der Waals surface area contributed by atoms with Gasteiger partial charge < -0.3 is 20.2 Å². The SMILES string of the molecule is CCNC(=O)CN(CC)C(=O)N(CCCC(=O)O)C(C)C. The van der Waals surface area contributed by atoms with Crippen molar-refractivity contribution >= 4 is 17.9 Å². The molecule has 0 bridgehead atoms. The summed E-state index contributed by atoms with van der Waals surface area (Å²) < 4.78 is 0. The number of hydrogen-bond acceptors (Lipinski definition) is 3. The molecule has 0 saturated heterocycles. The van der Waals surface area contributed by atoms with Crippen molar-refractivity contribution in [3.8, 4) is 0 Å². The number of carboxylic acids is 1. The van der Waals surface area contributed by atoms with Crippen LogP contribution in [0, 0.1) is 0 Å². The summed E-state index contributed by atoms with van der Waals surface area (Å²) in [6.45, 7) is 8.72. The van der Waals surface area contributed by atoms with Crippen molar-refractivity contribution < 1.29 is 19.5 Å². The Morgan fingerprint density at radius 2 is 1.81 bits per heavy atom. The van der Waals surface area contributed by atoms with Gasteiger partial charge in [0.25, 0.3) is 0 Å². The van der Waals surface area contributed by atoms with Gasteiger partial charge in [0.1, 0.15) is 6.54 Å². The van der Waals surface area contributed by atoms with Crippen LogP contribution in [0.4, 0.5) is 4.79 Å². The van der Waals surface area contributed by atoms with E-state index in [0.29, 0.717) is 26.1 Å². The van der Waals surface area contributed by atoms with Crippen molar-refractivity contribution in [2.75, 3.05) is 26.2 Å². The van der Waals surface area contributed by atoms with E-state index in [1.807, 2.05) is 27.7 Å². The van der Waals surface area contributed by atoms with Crippen LogP contribution in [-0.4, -0.2) is 65.0 Å². The summed E-state index contributed by atoms with van der Waals surface area (Å²) in [4.78, 5) is 37.7. The highest BCUT2D eigenvalue weighted by Crippen LogP contribution is 2.07. The van der Waals surface area contributed by atoms with E-state index in [9.17, 15) is 14.4 Å². The Morgan fingerprint density at radius 3 is 2.24 bits per heavy atom. The number of nitrogens with one attached hydrogen (secondary N) is 1. The van der Waals surface area contributed by atoms with E-state index < -0.39 is 5.97 Å². The van der Waals surface area contributed by atoms with Gasteiger partial charge in [-0.25, -0.2) is 4.79 Å². The van der Waals surface area contributed by atoms with E-state index in [1.54, 1.807) is 4.90 Å². The Bertz CT molecular complexity index is 358. The molecule has 0 saturated carbocycles. The fourth-order valence-corrected chi connectivity index (χ4v) is 1.90. The van der Waals surface area contributed by atoms with Crippen molar-refractivity contribution in [2.24, 2.45) is 0 Å². The molecular formula is C14H27N3O4. The van der Waals surface area contributed by atoms with Gasteiger partial charge in [-0.1, -0.05) is 0 Å². The number of carboxylic acid groups (broad SMARTS) is 1. The average molecular weight is 301 g/mol. The molecule has 0 aromatic heterocycles. The number of carbonyl (C=O) groups excluding carboxylic acids is 2. The summed E-state index contributed by atoms with van der Waals surface area (Å²) in [5.41, 5.74) is 0. The van der Waals surface area contributed by atoms with Crippen LogP contribution < -0.4 is 5.32 Å². The monoisotopic (exact) mass is 301 g/mol. The molecule has 2 N–H and O–H groups in total.